The van der Waals surface area contributed by atoms with Gasteiger partial charge in [0.15, 0.2) is 0 Å². The van der Waals surface area contributed by atoms with Gasteiger partial charge in [0, 0.05) is 19.1 Å². The second kappa shape index (κ2) is 8.73. The zero-order valence-electron chi connectivity index (χ0n) is 15.4. The van der Waals surface area contributed by atoms with Crippen LogP contribution in [0.1, 0.15) is 36.8 Å². The third-order valence-electron chi connectivity index (χ3n) is 5.83. The first-order valence-corrected chi connectivity index (χ1v) is 9.52. The van der Waals surface area contributed by atoms with Gasteiger partial charge in [0.2, 0.25) is 0 Å². The van der Waals surface area contributed by atoms with Gasteiger partial charge in [0.25, 0.3) is 0 Å². The van der Waals surface area contributed by atoms with E-state index in [9.17, 15) is 9.90 Å². The molecular formula is C23H26ClNO2. The summed E-state index contributed by atoms with van der Waals surface area (Å²) < 4.78 is 0. The number of carboxylic acids is 1. The molecule has 2 fully saturated rings. The highest BCUT2D eigenvalue weighted by Gasteiger charge is 2.35. The molecular weight excluding hydrogens is 358 g/mol. The largest absolute Gasteiger partial charge is 0.481 e. The lowest BCUT2D eigenvalue weighted by molar-refractivity contribution is -0.144. The first-order valence-electron chi connectivity index (χ1n) is 9.52. The van der Waals surface area contributed by atoms with E-state index in [0.29, 0.717) is 12.6 Å². The fourth-order valence-electron chi connectivity index (χ4n) is 4.48. The smallest absolute Gasteiger partial charge is 0.307 e. The average Bonchev–Trinajstić information content (AvgIpc) is 2.69. The van der Waals surface area contributed by atoms with Crippen molar-refractivity contribution in [1.82, 2.24) is 4.90 Å². The number of hydrogen-bond donors (Lipinski definition) is 1. The molecule has 0 aromatic heterocycles. The number of aliphatic carboxylic acids is 1. The minimum absolute atomic E-state index is 0. The molecule has 0 aliphatic carbocycles. The lowest BCUT2D eigenvalue weighted by Gasteiger charge is -2.43. The Morgan fingerprint density at radius 3 is 2.07 bits per heavy atom. The van der Waals surface area contributed by atoms with Crippen LogP contribution >= 0.6 is 12.4 Å². The third-order valence-corrected chi connectivity index (χ3v) is 5.83. The normalized spacial score (nSPS) is 22.4. The monoisotopic (exact) mass is 383 g/mol. The van der Waals surface area contributed by atoms with E-state index >= 15 is 0 Å². The van der Waals surface area contributed by atoms with Crippen LogP contribution in [0.3, 0.4) is 0 Å². The number of hydrogen-bond acceptors (Lipinski definition) is 2. The number of rotatable bonds is 3. The van der Waals surface area contributed by atoms with Gasteiger partial charge in [0.1, 0.15) is 0 Å². The third kappa shape index (κ3) is 4.26. The van der Waals surface area contributed by atoms with Crippen LogP contribution in [0.15, 0.2) is 66.2 Å². The molecule has 2 aliphatic rings. The number of piperidine rings is 2. The first kappa shape index (κ1) is 19.7. The van der Waals surface area contributed by atoms with Gasteiger partial charge in [-0.2, -0.15) is 0 Å². The number of halogens is 1. The van der Waals surface area contributed by atoms with Gasteiger partial charge in [-0.15, -0.1) is 12.4 Å². The number of benzene rings is 2. The molecule has 142 valence electrons. The Morgan fingerprint density at radius 1 is 0.926 bits per heavy atom. The minimum Gasteiger partial charge on any atom is -0.481 e. The van der Waals surface area contributed by atoms with E-state index in [1.54, 1.807) is 0 Å². The van der Waals surface area contributed by atoms with E-state index in [-0.39, 0.29) is 18.3 Å². The van der Waals surface area contributed by atoms with Crippen molar-refractivity contribution in [2.45, 2.75) is 31.7 Å². The highest BCUT2D eigenvalue weighted by atomic mass is 35.5. The Bertz CT molecular complexity index is 762. The van der Waals surface area contributed by atoms with E-state index in [2.05, 4.69) is 65.6 Å². The van der Waals surface area contributed by atoms with Crippen LogP contribution in [0.4, 0.5) is 0 Å². The first-order chi connectivity index (χ1) is 12.7. The SMILES string of the molecule is Cl.O=C(O)[C@@H]1CCC2CC(=C(c3ccccc3)c3ccccc3)CCN2C1. The van der Waals surface area contributed by atoms with Crippen LogP contribution in [0.5, 0.6) is 0 Å². The van der Waals surface area contributed by atoms with Crippen LogP contribution in [-0.4, -0.2) is 35.1 Å². The maximum absolute atomic E-state index is 11.3. The Balaban J connectivity index is 0.00000210. The number of carbonyl (C=O) groups is 1. The molecule has 1 unspecified atom stereocenters. The molecule has 2 atom stereocenters. The molecule has 2 aromatic carbocycles. The lowest BCUT2D eigenvalue weighted by Crippen LogP contribution is -2.48. The summed E-state index contributed by atoms with van der Waals surface area (Å²) in [6, 6.07) is 21.8. The summed E-state index contributed by atoms with van der Waals surface area (Å²) >= 11 is 0. The molecule has 2 heterocycles. The van der Waals surface area contributed by atoms with Crippen molar-refractivity contribution in [3.8, 4) is 0 Å². The van der Waals surface area contributed by atoms with Crippen molar-refractivity contribution in [3.63, 3.8) is 0 Å². The van der Waals surface area contributed by atoms with E-state index in [0.717, 1.165) is 32.2 Å². The standard InChI is InChI=1S/C23H25NO2.ClH/c25-23(26)20-11-12-21-15-19(13-14-24(21)16-20)22(17-7-3-1-4-8-17)18-9-5-2-6-10-18;/h1-10,20-21H,11-16H2,(H,25,26);1H/t20-,21?;/m1./s1. The van der Waals surface area contributed by atoms with E-state index in [1.165, 1.54) is 22.3 Å². The fourth-order valence-corrected chi connectivity index (χ4v) is 4.48. The molecule has 27 heavy (non-hydrogen) atoms. The van der Waals surface area contributed by atoms with Crippen LogP contribution in [0.25, 0.3) is 5.57 Å². The Kier molecular flexibility index (Phi) is 6.35. The van der Waals surface area contributed by atoms with Gasteiger partial charge in [-0.1, -0.05) is 66.2 Å². The van der Waals surface area contributed by atoms with Crippen LogP contribution in [0, 0.1) is 5.92 Å². The van der Waals surface area contributed by atoms with Crippen molar-refractivity contribution in [1.29, 1.82) is 0 Å². The van der Waals surface area contributed by atoms with Gasteiger partial charge in [-0.05, 0) is 42.4 Å². The maximum Gasteiger partial charge on any atom is 0.307 e. The summed E-state index contributed by atoms with van der Waals surface area (Å²) in [7, 11) is 0. The fraction of sp³-hybridized carbons (Fsp3) is 0.348. The number of fused-ring (bicyclic) bond motifs is 1. The summed E-state index contributed by atoms with van der Waals surface area (Å²) in [5.41, 5.74) is 5.44. The minimum atomic E-state index is -0.640. The van der Waals surface area contributed by atoms with Crippen molar-refractivity contribution in [2.75, 3.05) is 13.1 Å². The number of carboxylic acid groups (broad SMARTS) is 1. The van der Waals surface area contributed by atoms with Crippen molar-refractivity contribution >= 4 is 23.9 Å². The maximum atomic E-state index is 11.3. The lowest BCUT2D eigenvalue weighted by atomic mass is 9.81. The quantitative estimate of drug-likeness (QED) is 0.822. The van der Waals surface area contributed by atoms with Crippen LogP contribution in [-0.2, 0) is 4.79 Å². The van der Waals surface area contributed by atoms with E-state index in [1.807, 2.05) is 0 Å². The van der Waals surface area contributed by atoms with Crippen molar-refractivity contribution in [3.05, 3.63) is 77.4 Å². The molecule has 2 aliphatic heterocycles. The Hall–Kier alpha value is -2.10. The summed E-state index contributed by atoms with van der Waals surface area (Å²) in [5.74, 6) is -0.835. The van der Waals surface area contributed by atoms with Crippen molar-refractivity contribution in [2.24, 2.45) is 5.92 Å². The predicted molar refractivity (Wildman–Crippen MR) is 111 cm³/mol. The Labute approximate surface area is 167 Å². The van der Waals surface area contributed by atoms with Gasteiger partial charge >= 0.3 is 5.97 Å². The van der Waals surface area contributed by atoms with Crippen LogP contribution in [0.2, 0.25) is 0 Å². The van der Waals surface area contributed by atoms with Gasteiger partial charge in [-0.25, -0.2) is 0 Å². The van der Waals surface area contributed by atoms with E-state index in [4.69, 9.17) is 0 Å². The second-order valence-electron chi connectivity index (χ2n) is 7.43. The molecule has 4 rings (SSSR count). The van der Waals surface area contributed by atoms with Crippen molar-refractivity contribution < 1.29 is 9.90 Å². The van der Waals surface area contributed by atoms with Gasteiger partial charge in [0.05, 0.1) is 5.92 Å². The summed E-state index contributed by atoms with van der Waals surface area (Å²) in [5, 5.41) is 9.33. The molecule has 0 radical (unpaired) electrons. The zero-order valence-corrected chi connectivity index (χ0v) is 16.2. The van der Waals surface area contributed by atoms with Gasteiger partial charge < -0.3 is 5.11 Å². The molecule has 1 N–H and O–H groups in total. The summed E-state index contributed by atoms with van der Waals surface area (Å²) in [6.07, 6.45) is 3.85. The molecule has 0 spiro atoms. The predicted octanol–water partition coefficient (Wildman–Crippen LogP) is 4.87. The molecule has 4 heteroatoms. The molecule has 0 bridgehead atoms. The number of nitrogens with zero attached hydrogens (tertiary/aromatic N) is 1. The second-order valence-corrected chi connectivity index (χ2v) is 7.43. The molecule has 0 saturated carbocycles. The zero-order chi connectivity index (χ0) is 17.9. The van der Waals surface area contributed by atoms with Crippen LogP contribution < -0.4 is 0 Å². The van der Waals surface area contributed by atoms with E-state index < -0.39 is 5.97 Å². The Morgan fingerprint density at radius 2 is 1.52 bits per heavy atom. The molecule has 2 saturated heterocycles. The summed E-state index contributed by atoms with van der Waals surface area (Å²) in [6.45, 7) is 1.67. The highest BCUT2D eigenvalue weighted by molar-refractivity contribution is 5.85. The molecule has 2 aromatic rings. The molecule has 0 amide bonds. The highest BCUT2D eigenvalue weighted by Crippen LogP contribution is 2.37. The topological polar surface area (TPSA) is 40.5 Å². The van der Waals surface area contributed by atoms with Gasteiger partial charge in [-0.3, -0.25) is 9.69 Å². The molecule has 3 nitrogen and oxygen atoms in total. The average molecular weight is 384 g/mol. The summed E-state index contributed by atoms with van der Waals surface area (Å²) in [4.78, 5) is 13.7.